The summed E-state index contributed by atoms with van der Waals surface area (Å²) in [5, 5.41) is 12.2. The van der Waals surface area contributed by atoms with Crippen molar-refractivity contribution < 1.29 is 8.78 Å². The Morgan fingerprint density at radius 2 is 1.57 bits per heavy atom. The van der Waals surface area contributed by atoms with Crippen LogP contribution in [0.4, 0.5) is 31.7 Å². The zero-order valence-corrected chi connectivity index (χ0v) is 19.7. The lowest BCUT2D eigenvalue weighted by Crippen LogP contribution is -1.95. The Labute approximate surface area is 213 Å². The minimum Gasteiger partial charge on any atom is -0.400 e. The number of nitrogens with one attached hydrogen (secondary N) is 1. The van der Waals surface area contributed by atoms with E-state index >= 15 is 0 Å². The second-order valence-electron chi connectivity index (χ2n) is 6.11. The Morgan fingerprint density at radius 3 is 2.11 bits per heavy atom. The van der Waals surface area contributed by atoms with Crippen LogP contribution < -0.4 is 11.1 Å². The van der Waals surface area contributed by atoms with Crippen molar-refractivity contribution in [3.05, 3.63) is 105 Å². The summed E-state index contributed by atoms with van der Waals surface area (Å²) in [6.45, 7) is 6.51. The molecule has 4 aromatic rings. The maximum Gasteiger partial charge on any atom is 0.224 e. The average Bonchev–Trinajstić information content (AvgIpc) is 2.82. The topological polar surface area (TPSA) is 118 Å². The smallest absolute Gasteiger partial charge is 0.224 e. The van der Waals surface area contributed by atoms with E-state index in [4.69, 9.17) is 52.4 Å². The summed E-state index contributed by atoms with van der Waals surface area (Å²) in [4.78, 5) is 17.8. The number of nitriles is 1. The monoisotopic (exact) mass is 532 g/mol. The van der Waals surface area contributed by atoms with Gasteiger partial charge in [-0.05, 0) is 71.7 Å². The molecule has 0 aliphatic rings. The van der Waals surface area contributed by atoms with Crippen molar-refractivity contribution in [3.8, 4) is 6.07 Å². The fraction of sp³-hybridized carbons (Fsp3) is 0. The number of anilines is 3. The third kappa shape index (κ3) is 9.35. The molecule has 0 amide bonds. The molecule has 35 heavy (non-hydrogen) atoms. The van der Waals surface area contributed by atoms with Crippen LogP contribution in [0.2, 0.25) is 15.7 Å². The maximum atomic E-state index is 13.1. The van der Waals surface area contributed by atoms with Crippen LogP contribution in [0.5, 0.6) is 0 Å². The van der Waals surface area contributed by atoms with Crippen LogP contribution >= 0.6 is 34.8 Å². The second kappa shape index (κ2) is 13.6. The summed E-state index contributed by atoms with van der Waals surface area (Å²) >= 11 is 16.4. The van der Waals surface area contributed by atoms with Crippen LogP contribution in [0.25, 0.3) is 4.85 Å². The highest BCUT2D eigenvalue weighted by Crippen LogP contribution is 2.20. The van der Waals surface area contributed by atoms with Crippen LogP contribution in [0.1, 0.15) is 5.56 Å². The zero-order chi connectivity index (χ0) is 25.8. The number of nitrogens with zero attached hydrogens (tertiary/aromatic N) is 6. The van der Waals surface area contributed by atoms with Gasteiger partial charge in [-0.2, -0.15) is 5.26 Å². The molecule has 0 radical (unpaired) electrons. The summed E-state index contributed by atoms with van der Waals surface area (Å²) in [6, 6.07) is 13.0. The number of nitrogen functional groups attached to an aromatic ring is 1. The number of aromatic nitrogens is 4. The van der Waals surface area contributed by atoms with E-state index in [1.807, 2.05) is 0 Å². The molecule has 0 unspecified atom stereocenters. The minimum absolute atomic E-state index is 0.0278. The molecule has 4 rings (SSSR count). The first-order chi connectivity index (χ1) is 16.7. The third-order valence-corrected chi connectivity index (χ3v) is 4.24. The number of halogens is 5. The van der Waals surface area contributed by atoms with Gasteiger partial charge in [-0.1, -0.05) is 11.6 Å². The van der Waals surface area contributed by atoms with Crippen molar-refractivity contribution >= 4 is 57.7 Å². The fourth-order valence-electron chi connectivity index (χ4n) is 2.17. The van der Waals surface area contributed by atoms with Crippen molar-refractivity contribution in [2.75, 3.05) is 11.1 Å². The third-order valence-electron chi connectivity index (χ3n) is 3.67. The van der Waals surface area contributed by atoms with E-state index in [1.54, 1.807) is 18.2 Å². The molecule has 13 heteroatoms. The van der Waals surface area contributed by atoms with Crippen molar-refractivity contribution in [1.29, 1.82) is 5.26 Å². The van der Waals surface area contributed by atoms with Gasteiger partial charge in [0.1, 0.15) is 28.7 Å². The Morgan fingerprint density at radius 1 is 0.914 bits per heavy atom. The first-order valence-electron chi connectivity index (χ1n) is 9.23. The molecule has 176 valence electrons. The lowest BCUT2D eigenvalue weighted by molar-refractivity contribution is 0.624. The molecule has 0 aliphatic carbocycles. The lowest BCUT2D eigenvalue weighted by atomic mass is 10.2. The molecule has 0 aliphatic heterocycles. The summed E-state index contributed by atoms with van der Waals surface area (Å²) in [5.74, 6) is -0.608. The number of nitrogens with two attached hydrogens (primary N) is 1. The Balaban J connectivity index is 0.000000204. The van der Waals surface area contributed by atoms with Crippen molar-refractivity contribution in [2.24, 2.45) is 0 Å². The number of rotatable bonds is 2. The van der Waals surface area contributed by atoms with Gasteiger partial charge >= 0.3 is 0 Å². The SMILES string of the molecule is Clc1ccnc(Cl)n1.N#Cc1cc(Nc2ccnc(Cl)n2)ccc1F.[C-]#[N+]c1cc(N)ccc1F. The summed E-state index contributed by atoms with van der Waals surface area (Å²) in [6.07, 6.45) is 2.99. The summed E-state index contributed by atoms with van der Waals surface area (Å²) in [5.41, 5.74) is 6.20. The molecule has 3 N–H and O–H groups in total. The van der Waals surface area contributed by atoms with E-state index in [0.717, 1.165) is 0 Å². The van der Waals surface area contributed by atoms with E-state index in [2.05, 4.69) is 30.1 Å². The molecule has 0 spiro atoms. The first kappa shape index (κ1) is 27.2. The van der Waals surface area contributed by atoms with Gasteiger partial charge < -0.3 is 11.1 Å². The number of hydrogen-bond donors (Lipinski definition) is 2. The van der Waals surface area contributed by atoms with Crippen LogP contribution in [0.15, 0.2) is 60.9 Å². The highest BCUT2D eigenvalue weighted by molar-refractivity contribution is 6.31. The number of benzene rings is 2. The minimum atomic E-state index is -0.557. The summed E-state index contributed by atoms with van der Waals surface area (Å²) in [7, 11) is 0. The van der Waals surface area contributed by atoms with E-state index < -0.39 is 11.6 Å². The summed E-state index contributed by atoms with van der Waals surface area (Å²) < 4.78 is 25.6. The van der Waals surface area contributed by atoms with Gasteiger partial charge in [0.15, 0.2) is 0 Å². The molecule has 2 aromatic carbocycles. The predicted molar refractivity (Wildman–Crippen MR) is 131 cm³/mol. The van der Waals surface area contributed by atoms with E-state index in [1.165, 1.54) is 48.8 Å². The van der Waals surface area contributed by atoms with Gasteiger partial charge in [-0.15, -0.1) is 0 Å². The van der Waals surface area contributed by atoms with Crippen LogP contribution in [0.3, 0.4) is 0 Å². The lowest BCUT2D eigenvalue weighted by Gasteiger charge is -2.05. The number of hydrogen-bond acceptors (Lipinski definition) is 7. The van der Waals surface area contributed by atoms with Crippen LogP contribution in [-0.4, -0.2) is 19.9 Å². The van der Waals surface area contributed by atoms with Gasteiger partial charge in [0.25, 0.3) is 0 Å². The molecule has 0 bridgehead atoms. The molecule has 0 atom stereocenters. The maximum absolute atomic E-state index is 13.1. The van der Waals surface area contributed by atoms with Gasteiger partial charge in [0.05, 0.1) is 12.1 Å². The van der Waals surface area contributed by atoms with Gasteiger partial charge in [-0.3, -0.25) is 0 Å². The Hall–Kier alpha value is -4.09. The second-order valence-corrected chi connectivity index (χ2v) is 7.18. The quantitative estimate of drug-likeness (QED) is 0.128. The van der Waals surface area contributed by atoms with Crippen LogP contribution in [0, 0.1) is 29.5 Å². The molecule has 0 fully saturated rings. The van der Waals surface area contributed by atoms with Crippen molar-refractivity contribution in [1.82, 2.24) is 19.9 Å². The standard InChI is InChI=1S/C11H6ClFN4.C7H5FN2.C4H2Cl2N2/c12-11-15-4-3-10(17-11)16-8-1-2-9(13)7(5-8)6-14;1-10-7-4-5(9)2-3-6(7)8;5-3-1-2-7-4(6)8-3/h1-5H,(H,15,16,17);2-4H,9H2;1-2H. The fourth-order valence-corrected chi connectivity index (χ4v) is 2.65. The molecule has 2 aromatic heterocycles. The predicted octanol–water partition coefficient (Wildman–Crippen LogP) is 6.63. The van der Waals surface area contributed by atoms with Gasteiger partial charge in [0.2, 0.25) is 16.3 Å². The highest BCUT2D eigenvalue weighted by atomic mass is 35.5. The molecular formula is C22H13Cl3F2N8. The molecule has 2 heterocycles. The van der Waals surface area contributed by atoms with Gasteiger partial charge in [-0.25, -0.2) is 33.6 Å². The van der Waals surface area contributed by atoms with E-state index in [9.17, 15) is 8.78 Å². The zero-order valence-electron chi connectivity index (χ0n) is 17.4. The van der Waals surface area contributed by atoms with Crippen LogP contribution in [-0.2, 0) is 0 Å². The Bertz CT molecular complexity index is 1370. The molecule has 0 saturated carbocycles. The van der Waals surface area contributed by atoms with E-state index in [0.29, 0.717) is 22.3 Å². The van der Waals surface area contributed by atoms with E-state index in [-0.39, 0.29) is 21.8 Å². The molecular weight excluding hydrogens is 521 g/mol. The normalized spacial score (nSPS) is 9.34. The highest BCUT2D eigenvalue weighted by Gasteiger charge is 2.04. The first-order valence-corrected chi connectivity index (χ1v) is 10.4. The largest absolute Gasteiger partial charge is 0.400 e. The average molecular weight is 534 g/mol. The molecule has 8 nitrogen and oxygen atoms in total. The van der Waals surface area contributed by atoms with Gasteiger partial charge in [0, 0.05) is 23.8 Å². The van der Waals surface area contributed by atoms with Crippen molar-refractivity contribution in [2.45, 2.75) is 0 Å². The molecule has 0 saturated heterocycles. The Kier molecular flexibility index (Phi) is 10.5. The van der Waals surface area contributed by atoms with Crippen molar-refractivity contribution in [3.63, 3.8) is 0 Å².